The van der Waals surface area contributed by atoms with Crippen molar-refractivity contribution >= 4 is 35.6 Å². The van der Waals surface area contributed by atoms with Crippen molar-refractivity contribution in [2.75, 3.05) is 7.11 Å². The molecular weight excluding hydrogens is 544 g/mol. The minimum atomic E-state index is -0.642. The molecule has 9 heteroatoms. The molecule has 1 heterocycles. The van der Waals surface area contributed by atoms with Crippen molar-refractivity contribution in [3.63, 3.8) is 0 Å². The number of hydrogen-bond acceptors (Lipinski definition) is 6. The van der Waals surface area contributed by atoms with Gasteiger partial charge in [0, 0.05) is 27.2 Å². The predicted molar refractivity (Wildman–Crippen MR) is 163 cm³/mol. The predicted octanol–water partition coefficient (Wildman–Crippen LogP) is 7.76. The van der Waals surface area contributed by atoms with E-state index in [0.717, 1.165) is 38.6 Å². The van der Waals surface area contributed by atoms with Crippen molar-refractivity contribution in [3.8, 4) is 28.1 Å². The van der Waals surface area contributed by atoms with Gasteiger partial charge in [0.25, 0.3) is 0 Å². The number of carbonyl (C=O) groups is 1. The lowest BCUT2D eigenvalue weighted by molar-refractivity contribution is 0.0562. The number of nitrogens with zero attached hydrogens (tertiary/aromatic N) is 2. The number of aromatic nitrogens is 1. The molecule has 0 spiro atoms. The summed E-state index contributed by atoms with van der Waals surface area (Å²) >= 11 is 7.50. The summed E-state index contributed by atoms with van der Waals surface area (Å²) in [5.74, 6) is 1.05. The van der Waals surface area contributed by atoms with Crippen molar-refractivity contribution in [1.82, 2.24) is 15.0 Å². The lowest BCUT2D eigenvalue weighted by atomic mass is 9.98. The summed E-state index contributed by atoms with van der Waals surface area (Å²) in [4.78, 5) is 22.9. The fraction of sp³-hybridized carbons (Fsp3) is 0.194. The molecule has 0 aliphatic carbocycles. The minimum absolute atomic E-state index is 0.268. The minimum Gasteiger partial charge on any atom is -0.497 e. The monoisotopic (exact) mass is 574 g/mol. The number of halogens is 1. The molecule has 0 saturated heterocycles. The van der Waals surface area contributed by atoms with Crippen molar-refractivity contribution in [3.05, 3.63) is 102 Å². The summed E-state index contributed by atoms with van der Waals surface area (Å²) < 4.78 is 13.9. The zero-order chi connectivity index (χ0) is 28.5. The van der Waals surface area contributed by atoms with Crippen LogP contribution < -0.4 is 14.8 Å². The van der Waals surface area contributed by atoms with E-state index in [1.807, 2.05) is 99.6 Å². The topological polar surface area (TPSA) is 84.8 Å². The van der Waals surface area contributed by atoms with Gasteiger partial charge in [-0.3, -0.25) is 15.0 Å². The first-order valence-electron chi connectivity index (χ1n) is 12.6. The van der Waals surface area contributed by atoms with Crippen LogP contribution in [0.15, 0.2) is 101 Å². The molecule has 0 fully saturated rings. The fourth-order valence-electron chi connectivity index (χ4n) is 3.69. The molecule has 0 aliphatic heterocycles. The van der Waals surface area contributed by atoms with Crippen molar-refractivity contribution in [1.29, 1.82) is 0 Å². The SMILES string of the molecule is COc1ccc(-c2ncc(CN=C(NSc3ccccc3)NC(=O)OC(C)(C)C)cc2-c2ccc(Cl)cc2)cc1. The van der Waals surface area contributed by atoms with Crippen LogP contribution in [0.4, 0.5) is 4.79 Å². The number of methoxy groups -OCH3 is 1. The zero-order valence-corrected chi connectivity index (χ0v) is 24.3. The third kappa shape index (κ3) is 8.49. The standard InChI is InChI=1S/C31H31ClN4O3S/c1-31(2,3)39-30(37)35-29(36-40-26-8-6-5-7-9-26)34-20-21-18-27(22-10-14-24(32)15-11-22)28(33-19-21)23-12-16-25(38-4)17-13-23/h5-19H,20H2,1-4H3,(H2,34,35,36,37). The molecule has 1 aromatic heterocycles. The molecular formula is C31H31ClN4O3S. The van der Waals surface area contributed by atoms with Gasteiger partial charge in [0.15, 0.2) is 0 Å². The van der Waals surface area contributed by atoms with Gasteiger partial charge in [-0.15, -0.1) is 0 Å². The molecule has 3 aromatic carbocycles. The van der Waals surface area contributed by atoms with Gasteiger partial charge in [0.2, 0.25) is 5.96 Å². The van der Waals surface area contributed by atoms with Gasteiger partial charge in [-0.05, 0) is 98.4 Å². The number of hydrogen-bond donors (Lipinski definition) is 2. The molecule has 40 heavy (non-hydrogen) atoms. The third-order valence-electron chi connectivity index (χ3n) is 5.51. The van der Waals surface area contributed by atoms with Crippen LogP contribution in [-0.2, 0) is 11.3 Å². The van der Waals surface area contributed by atoms with Gasteiger partial charge < -0.3 is 9.47 Å². The normalized spacial score (nSPS) is 11.6. The number of rotatable bonds is 7. The summed E-state index contributed by atoms with van der Waals surface area (Å²) in [6.45, 7) is 5.70. The highest BCUT2D eigenvalue weighted by Gasteiger charge is 2.18. The Bertz CT molecular complexity index is 1460. The molecule has 0 radical (unpaired) electrons. The van der Waals surface area contributed by atoms with Crippen molar-refractivity contribution in [2.45, 2.75) is 37.8 Å². The molecule has 4 aromatic rings. The summed E-state index contributed by atoms with van der Waals surface area (Å²) in [5, 5.41) is 3.38. The highest BCUT2D eigenvalue weighted by Crippen LogP contribution is 2.33. The van der Waals surface area contributed by atoms with Gasteiger partial charge in [-0.2, -0.15) is 0 Å². The van der Waals surface area contributed by atoms with E-state index in [1.54, 1.807) is 13.3 Å². The Balaban J connectivity index is 1.63. The molecule has 0 aliphatic rings. The van der Waals surface area contributed by atoms with Crippen LogP contribution in [-0.4, -0.2) is 29.7 Å². The molecule has 0 saturated carbocycles. The molecule has 2 N–H and O–H groups in total. The molecule has 0 atom stereocenters. The molecule has 7 nitrogen and oxygen atoms in total. The van der Waals surface area contributed by atoms with E-state index in [-0.39, 0.29) is 12.5 Å². The van der Waals surface area contributed by atoms with Crippen LogP contribution >= 0.6 is 23.5 Å². The largest absolute Gasteiger partial charge is 0.497 e. The molecule has 206 valence electrons. The van der Waals surface area contributed by atoms with Gasteiger partial charge in [0.1, 0.15) is 11.4 Å². The van der Waals surface area contributed by atoms with E-state index in [9.17, 15) is 4.79 Å². The number of nitrogens with one attached hydrogen (secondary N) is 2. The summed E-state index contributed by atoms with van der Waals surface area (Å²) in [7, 11) is 1.64. The lowest BCUT2D eigenvalue weighted by Gasteiger charge is -2.20. The van der Waals surface area contributed by atoms with Crippen LogP contribution in [0.25, 0.3) is 22.4 Å². The Morgan fingerprint density at radius 1 is 0.975 bits per heavy atom. The van der Waals surface area contributed by atoms with Crippen molar-refractivity contribution in [2.24, 2.45) is 4.99 Å². The molecule has 0 bridgehead atoms. The highest BCUT2D eigenvalue weighted by atomic mass is 35.5. The number of ether oxygens (including phenoxy) is 2. The Morgan fingerprint density at radius 3 is 2.30 bits per heavy atom. The maximum Gasteiger partial charge on any atom is 0.414 e. The van der Waals surface area contributed by atoms with Crippen LogP contribution in [0.3, 0.4) is 0 Å². The molecule has 1 amide bonds. The number of alkyl carbamates (subject to hydrolysis) is 1. The maximum atomic E-state index is 12.5. The van der Waals surface area contributed by atoms with E-state index in [2.05, 4.69) is 21.1 Å². The maximum absolute atomic E-state index is 12.5. The van der Waals surface area contributed by atoms with Crippen LogP contribution in [0.1, 0.15) is 26.3 Å². The molecule has 0 unspecified atom stereocenters. The number of guanidine groups is 1. The number of amides is 1. The third-order valence-corrected chi connectivity index (χ3v) is 6.57. The van der Waals surface area contributed by atoms with E-state index in [1.165, 1.54) is 11.9 Å². The first-order valence-corrected chi connectivity index (χ1v) is 13.8. The average Bonchev–Trinajstić information content (AvgIpc) is 2.94. The van der Waals surface area contributed by atoms with Crippen LogP contribution in [0, 0.1) is 0 Å². The van der Waals surface area contributed by atoms with E-state index < -0.39 is 11.7 Å². The Kier molecular flexibility index (Phi) is 9.69. The van der Waals surface area contributed by atoms with Crippen molar-refractivity contribution < 1.29 is 14.3 Å². The summed E-state index contributed by atoms with van der Waals surface area (Å²) in [6, 6.07) is 27.2. The van der Waals surface area contributed by atoms with Crippen LogP contribution in [0.2, 0.25) is 5.02 Å². The Morgan fingerprint density at radius 2 is 1.65 bits per heavy atom. The van der Waals surface area contributed by atoms with Crippen LogP contribution in [0.5, 0.6) is 5.75 Å². The first-order chi connectivity index (χ1) is 19.2. The highest BCUT2D eigenvalue weighted by molar-refractivity contribution is 7.98. The quantitative estimate of drug-likeness (QED) is 0.133. The van der Waals surface area contributed by atoms with Gasteiger partial charge in [-0.1, -0.05) is 41.9 Å². The summed E-state index contributed by atoms with van der Waals surface area (Å²) in [5.41, 5.74) is 3.89. The summed E-state index contributed by atoms with van der Waals surface area (Å²) in [6.07, 6.45) is 1.19. The second-order valence-electron chi connectivity index (χ2n) is 9.78. The molecule has 4 rings (SSSR count). The fourth-order valence-corrected chi connectivity index (χ4v) is 4.44. The van der Waals surface area contributed by atoms with E-state index in [0.29, 0.717) is 5.02 Å². The van der Waals surface area contributed by atoms with E-state index in [4.69, 9.17) is 26.1 Å². The first kappa shape index (κ1) is 29.0. The number of benzene rings is 3. The second-order valence-corrected chi connectivity index (χ2v) is 11.1. The lowest BCUT2D eigenvalue weighted by Crippen LogP contribution is -2.41. The smallest absolute Gasteiger partial charge is 0.414 e. The zero-order valence-electron chi connectivity index (χ0n) is 22.8. The van der Waals surface area contributed by atoms with E-state index >= 15 is 0 Å². The Hall–Kier alpha value is -4.01. The van der Waals surface area contributed by atoms with Gasteiger partial charge >= 0.3 is 6.09 Å². The number of aliphatic imine (C=N–C) groups is 1. The average molecular weight is 575 g/mol. The Labute approximate surface area is 244 Å². The number of pyridine rings is 1. The van der Waals surface area contributed by atoms with Gasteiger partial charge in [0.05, 0.1) is 19.3 Å². The van der Waals surface area contributed by atoms with Gasteiger partial charge in [-0.25, -0.2) is 9.79 Å². The number of carbonyl (C=O) groups excluding carboxylic acids is 1. The second kappa shape index (κ2) is 13.4.